The van der Waals surface area contributed by atoms with Gasteiger partial charge >= 0.3 is 0 Å². The van der Waals surface area contributed by atoms with Gasteiger partial charge in [-0.2, -0.15) is 0 Å². The Morgan fingerprint density at radius 2 is 2.00 bits per heavy atom. The summed E-state index contributed by atoms with van der Waals surface area (Å²) in [7, 11) is 0. The van der Waals surface area contributed by atoms with E-state index < -0.39 is 0 Å². The lowest BCUT2D eigenvalue weighted by atomic mass is 10.3. The topological polar surface area (TPSA) is 34.9 Å². The Hall–Kier alpha value is -0.650. The van der Waals surface area contributed by atoms with Crippen LogP contribution in [0.4, 0.5) is 0 Å². The summed E-state index contributed by atoms with van der Waals surface area (Å²) in [6.07, 6.45) is 3.24. The molecule has 0 N–H and O–H groups in total. The first-order valence-corrected chi connectivity index (χ1v) is 6.91. The lowest BCUT2D eigenvalue weighted by Gasteiger charge is -2.06. The summed E-state index contributed by atoms with van der Waals surface area (Å²) in [5.74, 6) is 0.543. The molecule has 0 atom stereocenters. The van der Waals surface area contributed by atoms with Crippen molar-refractivity contribution in [1.29, 1.82) is 0 Å². The van der Waals surface area contributed by atoms with Crippen molar-refractivity contribution in [3.63, 3.8) is 0 Å². The number of aromatic nitrogens is 2. The summed E-state index contributed by atoms with van der Waals surface area (Å²) in [4.78, 5) is 15.9. The largest absolute Gasteiger partial charge is 0.269 e. The molecule has 2 heterocycles. The fourth-order valence-corrected chi connectivity index (χ4v) is 2.01. The van der Waals surface area contributed by atoms with E-state index in [4.69, 9.17) is 11.6 Å². The predicted molar refractivity (Wildman–Crippen MR) is 75.4 cm³/mol. The van der Waals surface area contributed by atoms with E-state index in [-0.39, 0.29) is 9.30 Å². The van der Waals surface area contributed by atoms with Gasteiger partial charge in [0.15, 0.2) is 0 Å². The molecule has 88 valence electrons. The van der Waals surface area contributed by atoms with Crippen molar-refractivity contribution in [2.45, 2.75) is 3.74 Å². The molecule has 0 radical (unpaired) electrons. The standard InChI is InChI=1S/C11H7Br2ClN2O/c12-11(13)7-1-3-9(15-5-7)16-6-8(14)2-4-10(16)17/h1-6,11H. The van der Waals surface area contributed by atoms with E-state index in [0.717, 1.165) is 5.56 Å². The molecule has 0 unspecified atom stereocenters. The third kappa shape index (κ3) is 2.97. The fourth-order valence-electron chi connectivity index (χ4n) is 1.31. The van der Waals surface area contributed by atoms with Crippen molar-refractivity contribution in [2.24, 2.45) is 0 Å². The Balaban J connectivity index is 2.46. The highest BCUT2D eigenvalue weighted by Crippen LogP contribution is 2.28. The second-order valence-corrected chi connectivity index (χ2v) is 6.80. The van der Waals surface area contributed by atoms with Gasteiger partial charge in [0.25, 0.3) is 5.56 Å². The molecule has 3 nitrogen and oxygen atoms in total. The first-order valence-electron chi connectivity index (χ1n) is 4.70. The summed E-state index contributed by atoms with van der Waals surface area (Å²) in [6.45, 7) is 0. The third-order valence-electron chi connectivity index (χ3n) is 2.14. The molecule has 0 aliphatic rings. The molecule has 0 bridgehead atoms. The highest BCUT2D eigenvalue weighted by Gasteiger charge is 2.05. The first-order chi connectivity index (χ1) is 8.08. The Morgan fingerprint density at radius 1 is 1.24 bits per heavy atom. The highest BCUT2D eigenvalue weighted by molar-refractivity contribution is 9.24. The maximum atomic E-state index is 11.6. The van der Waals surface area contributed by atoms with Crippen LogP contribution in [-0.4, -0.2) is 9.55 Å². The van der Waals surface area contributed by atoms with E-state index >= 15 is 0 Å². The number of alkyl halides is 2. The van der Waals surface area contributed by atoms with Crippen molar-refractivity contribution in [1.82, 2.24) is 9.55 Å². The van der Waals surface area contributed by atoms with Gasteiger partial charge < -0.3 is 0 Å². The van der Waals surface area contributed by atoms with Gasteiger partial charge in [0.05, 0.1) is 8.76 Å². The molecule has 0 amide bonds. The molecular weight excluding hydrogens is 371 g/mol. The number of hydrogen-bond acceptors (Lipinski definition) is 2. The van der Waals surface area contributed by atoms with Crippen LogP contribution in [0.25, 0.3) is 5.82 Å². The van der Waals surface area contributed by atoms with Crippen molar-refractivity contribution in [3.05, 3.63) is 57.6 Å². The highest BCUT2D eigenvalue weighted by atomic mass is 79.9. The minimum absolute atomic E-state index is 0.0487. The first kappa shape index (κ1) is 12.8. The molecule has 0 aromatic carbocycles. The molecule has 0 spiro atoms. The van der Waals surface area contributed by atoms with E-state index in [1.807, 2.05) is 6.07 Å². The van der Waals surface area contributed by atoms with Gasteiger partial charge in [-0.15, -0.1) is 0 Å². The Bertz CT molecular complexity index is 581. The van der Waals surface area contributed by atoms with Crippen LogP contribution in [-0.2, 0) is 0 Å². The normalized spacial score (nSPS) is 10.8. The summed E-state index contributed by atoms with van der Waals surface area (Å²) in [6, 6.07) is 6.61. The molecule has 0 saturated carbocycles. The van der Waals surface area contributed by atoms with Crippen LogP contribution in [0, 0.1) is 0 Å². The zero-order chi connectivity index (χ0) is 12.4. The van der Waals surface area contributed by atoms with Crippen molar-refractivity contribution in [2.75, 3.05) is 0 Å². The Kier molecular flexibility index (Phi) is 4.01. The summed E-state index contributed by atoms with van der Waals surface area (Å²) >= 11 is 12.6. The molecule has 2 aromatic rings. The molecule has 0 aliphatic heterocycles. The quantitative estimate of drug-likeness (QED) is 0.748. The minimum Gasteiger partial charge on any atom is -0.269 e. The van der Waals surface area contributed by atoms with Crippen LogP contribution in [0.15, 0.2) is 41.5 Å². The summed E-state index contributed by atoms with van der Waals surface area (Å²) in [5, 5.41) is 0.495. The zero-order valence-corrected chi connectivity index (χ0v) is 12.4. The molecule has 17 heavy (non-hydrogen) atoms. The van der Waals surface area contributed by atoms with Crippen LogP contribution in [0.5, 0.6) is 0 Å². The molecule has 0 saturated heterocycles. The smallest absolute Gasteiger partial charge is 0.256 e. The number of pyridine rings is 2. The van der Waals surface area contributed by atoms with Gasteiger partial charge in [0.2, 0.25) is 0 Å². The number of hydrogen-bond donors (Lipinski definition) is 0. The second-order valence-electron chi connectivity index (χ2n) is 3.31. The number of halogens is 3. The van der Waals surface area contributed by atoms with Gasteiger partial charge in [-0.25, -0.2) is 4.98 Å². The monoisotopic (exact) mass is 376 g/mol. The van der Waals surface area contributed by atoms with E-state index in [0.29, 0.717) is 10.8 Å². The molecule has 0 aliphatic carbocycles. The minimum atomic E-state index is -0.163. The number of nitrogens with zero attached hydrogens (tertiary/aromatic N) is 2. The van der Waals surface area contributed by atoms with Gasteiger partial charge in [0, 0.05) is 18.5 Å². The van der Waals surface area contributed by atoms with Crippen LogP contribution in [0.2, 0.25) is 5.02 Å². The van der Waals surface area contributed by atoms with Crippen LogP contribution in [0.1, 0.15) is 9.30 Å². The van der Waals surface area contributed by atoms with E-state index in [1.165, 1.54) is 10.6 Å². The summed E-state index contributed by atoms with van der Waals surface area (Å²) in [5.41, 5.74) is 0.813. The van der Waals surface area contributed by atoms with Gasteiger partial charge in [-0.05, 0) is 17.7 Å². The molecule has 0 fully saturated rings. The Morgan fingerprint density at radius 3 is 2.59 bits per heavy atom. The average Bonchev–Trinajstić information content (AvgIpc) is 2.32. The maximum absolute atomic E-state index is 11.6. The lowest BCUT2D eigenvalue weighted by molar-refractivity contribution is 0.937. The van der Waals surface area contributed by atoms with Crippen LogP contribution >= 0.6 is 43.5 Å². The average molecular weight is 378 g/mol. The molecule has 6 heteroatoms. The second kappa shape index (κ2) is 5.33. The lowest BCUT2D eigenvalue weighted by Crippen LogP contribution is -2.17. The van der Waals surface area contributed by atoms with E-state index in [9.17, 15) is 4.79 Å². The van der Waals surface area contributed by atoms with E-state index in [1.54, 1.807) is 24.5 Å². The maximum Gasteiger partial charge on any atom is 0.256 e. The number of rotatable bonds is 2. The van der Waals surface area contributed by atoms with Crippen LogP contribution in [0.3, 0.4) is 0 Å². The fraction of sp³-hybridized carbons (Fsp3) is 0.0909. The van der Waals surface area contributed by atoms with Gasteiger partial charge in [0.1, 0.15) is 5.82 Å². The third-order valence-corrected chi connectivity index (χ3v) is 3.43. The van der Waals surface area contributed by atoms with Crippen molar-refractivity contribution in [3.8, 4) is 5.82 Å². The summed E-state index contributed by atoms with van der Waals surface area (Å²) < 4.78 is 1.46. The molecule has 2 aromatic heterocycles. The van der Waals surface area contributed by atoms with Crippen molar-refractivity contribution < 1.29 is 0 Å². The van der Waals surface area contributed by atoms with Crippen molar-refractivity contribution >= 4 is 43.5 Å². The SMILES string of the molecule is O=c1ccc(Cl)cn1-c1ccc(C(Br)Br)cn1. The van der Waals surface area contributed by atoms with E-state index in [2.05, 4.69) is 36.8 Å². The predicted octanol–water partition coefficient (Wildman–Crippen LogP) is 3.67. The molecular formula is C11H7Br2ClN2O. The van der Waals surface area contributed by atoms with Gasteiger partial charge in [-0.3, -0.25) is 9.36 Å². The Labute approximate surface area is 120 Å². The zero-order valence-electron chi connectivity index (χ0n) is 8.48. The van der Waals surface area contributed by atoms with Gasteiger partial charge in [-0.1, -0.05) is 49.5 Å². The van der Waals surface area contributed by atoms with Crippen LogP contribution < -0.4 is 5.56 Å². The molecule has 2 rings (SSSR count).